The molecule has 0 fully saturated rings. The number of hydrogen-bond donors (Lipinski definition) is 1. The highest BCUT2D eigenvalue weighted by Gasteiger charge is 2.12. The number of benzene rings is 2. The molecular formula is C19H18NO2. The fourth-order valence-corrected chi connectivity index (χ4v) is 2.49. The van der Waals surface area contributed by atoms with E-state index in [1.54, 1.807) is 6.26 Å². The van der Waals surface area contributed by atoms with E-state index in [9.17, 15) is 4.79 Å². The van der Waals surface area contributed by atoms with Gasteiger partial charge in [-0.3, -0.25) is 4.79 Å². The number of furan rings is 1. The molecule has 0 bridgehead atoms. The maximum absolute atomic E-state index is 12.3. The number of nitrogens with one attached hydrogen (secondary N) is 1. The molecule has 0 saturated carbocycles. The Morgan fingerprint density at radius 1 is 1.14 bits per heavy atom. The average molecular weight is 292 g/mol. The van der Waals surface area contributed by atoms with E-state index in [0.29, 0.717) is 12.1 Å². The van der Waals surface area contributed by atoms with Gasteiger partial charge in [-0.25, -0.2) is 0 Å². The van der Waals surface area contributed by atoms with Crippen LogP contribution < -0.4 is 5.32 Å². The van der Waals surface area contributed by atoms with Gasteiger partial charge in [0, 0.05) is 11.9 Å². The Morgan fingerprint density at radius 3 is 2.77 bits per heavy atom. The molecule has 0 saturated heterocycles. The van der Waals surface area contributed by atoms with E-state index in [4.69, 9.17) is 4.42 Å². The van der Waals surface area contributed by atoms with E-state index in [0.717, 1.165) is 11.0 Å². The molecule has 111 valence electrons. The van der Waals surface area contributed by atoms with Crippen molar-refractivity contribution < 1.29 is 9.21 Å². The van der Waals surface area contributed by atoms with Crippen LogP contribution in [-0.4, -0.2) is 12.5 Å². The molecule has 3 heteroatoms. The zero-order valence-electron chi connectivity index (χ0n) is 12.5. The Labute approximate surface area is 130 Å². The summed E-state index contributed by atoms with van der Waals surface area (Å²) in [5.74, 6) is 0.190. The SMILES string of the molecule is CC([CH]c1ccccc1)CNC(=O)c1cccc2occc12. The minimum atomic E-state index is -0.0692. The van der Waals surface area contributed by atoms with Gasteiger partial charge in [-0.05, 0) is 36.1 Å². The summed E-state index contributed by atoms with van der Waals surface area (Å²) in [5.41, 5.74) is 2.55. The number of carbonyl (C=O) groups is 1. The van der Waals surface area contributed by atoms with Crippen LogP contribution in [0.3, 0.4) is 0 Å². The van der Waals surface area contributed by atoms with Crippen LogP contribution in [-0.2, 0) is 0 Å². The number of fused-ring (bicyclic) bond motifs is 1. The molecule has 0 spiro atoms. The van der Waals surface area contributed by atoms with E-state index in [2.05, 4.69) is 30.8 Å². The molecule has 1 amide bonds. The van der Waals surface area contributed by atoms with Gasteiger partial charge in [0.25, 0.3) is 5.91 Å². The standard InChI is InChI=1S/C19H18NO2/c1-14(12-15-6-3-2-4-7-15)13-20-19(21)17-8-5-9-18-16(17)10-11-22-18/h2-12,14H,13H2,1H3,(H,20,21). The Balaban J connectivity index is 1.61. The smallest absolute Gasteiger partial charge is 0.252 e. The van der Waals surface area contributed by atoms with Crippen molar-refractivity contribution in [3.05, 3.63) is 78.4 Å². The van der Waals surface area contributed by atoms with E-state index >= 15 is 0 Å². The Kier molecular flexibility index (Phi) is 4.24. The van der Waals surface area contributed by atoms with Gasteiger partial charge in [0.15, 0.2) is 0 Å². The largest absolute Gasteiger partial charge is 0.464 e. The summed E-state index contributed by atoms with van der Waals surface area (Å²) in [6.07, 6.45) is 3.76. The molecule has 3 nitrogen and oxygen atoms in total. The topological polar surface area (TPSA) is 42.2 Å². The molecule has 1 heterocycles. The lowest BCUT2D eigenvalue weighted by atomic mass is 10.0. The predicted octanol–water partition coefficient (Wildman–Crippen LogP) is 4.05. The summed E-state index contributed by atoms with van der Waals surface area (Å²) < 4.78 is 5.33. The van der Waals surface area contributed by atoms with Crippen LogP contribution >= 0.6 is 0 Å². The van der Waals surface area contributed by atoms with Crippen molar-refractivity contribution in [3.63, 3.8) is 0 Å². The molecule has 0 aliphatic carbocycles. The third kappa shape index (κ3) is 3.19. The summed E-state index contributed by atoms with van der Waals surface area (Å²) in [5, 5.41) is 3.84. The highest BCUT2D eigenvalue weighted by atomic mass is 16.3. The Morgan fingerprint density at radius 2 is 1.95 bits per heavy atom. The maximum Gasteiger partial charge on any atom is 0.252 e. The molecular weight excluding hydrogens is 274 g/mol. The van der Waals surface area contributed by atoms with Crippen molar-refractivity contribution in [3.8, 4) is 0 Å². The first-order valence-corrected chi connectivity index (χ1v) is 7.38. The first kappa shape index (κ1) is 14.4. The van der Waals surface area contributed by atoms with Crippen LogP contribution in [0.15, 0.2) is 65.3 Å². The van der Waals surface area contributed by atoms with Crippen LogP contribution in [0.2, 0.25) is 0 Å². The molecule has 3 aromatic rings. The lowest BCUT2D eigenvalue weighted by molar-refractivity contribution is 0.0951. The molecule has 22 heavy (non-hydrogen) atoms. The highest BCUT2D eigenvalue weighted by molar-refractivity contribution is 6.05. The fraction of sp³-hybridized carbons (Fsp3) is 0.158. The lowest BCUT2D eigenvalue weighted by Crippen LogP contribution is -2.28. The molecule has 1 unspecified atom stereocenters. The molecule has 1 N–H and O–H groups in total. The van der Waals surface area contributed by atoms with Crippen LogP contribution in [0, 0.1) is 12.3 Å². The van der Waals surface area contributed by atoms with Crippen molar-refractivity contribution in [2.75, 3.05) is 6.54 Å². The lowest BCUT2D eigenvalue weighted by Gasteiger charge is -2.12. The average Bonchev–Trinajstić information content (AvgIpc) is 3.02. The van der Waals surface area contributed by atoms with Gasteiger partial charge in [0.05, 0.1) is 11.8 Å². The van der Waals surface area contributed by atoms with E-state index < -0.39 is 0 Å². The molecule has 2 aromatic carbocycles. The molecule has 0 aliphatic heterocycles. The summed E-state index contributed by atoms with van der Waals surface area (Å²) in [6, 6.07) is 17.5. The monoisotopic (exact) mass is 292 g/mol. The van der Waals surface area contributed by atoms with Crippen LogP contribution in [0.1, 0.15) is 22.8 Å². The van der Waals surface area contributed by atoms with Crippen LogP contribution in [0.5, 0.6) is 0 Å². The van der Waals surface area contributed by atoms with Gasteiger partial charge in [-0.1, -0.05) is 43.3 Å². The first-order chi connectivity index (χ1) is 10.7. The van der Waals surface area contributed by atoms with Crippen molar-refractivity contribution in [2.45, 2.75) is 6.92 Å². The normalized spacial score (nSPS) is 12.2. The van der Waals surface area contributed by atoms with E-state index in [1.807, 2.05) is 42.5 Å². The van der Waals surface area contributed by atoms with Gasteiger partial charge in [0.2, 0.25) is 0 Å². The second-order valence-corrected chi connectivity index (χ2v) is 5.40. The van der Waals surface area contributed by atoms with Crippen molar-refractivity contribution >= 4 is 16.9 Å². The molecule has 1 atom stereocenters. The van der Waals surface area contributed by atoms with Gasteiger partial charge in [-0.2, -0.15) is 0 Å². The summed E-state index contributed by atoms with van der Waals surface area (Å²) in [6.45, 7) is 2.69. The number of carbonyl (C=O) groups excluding carboxylic acids is 1. The quantitative estimate of drug-likeness (QED) is 0.770. The fourth-order valence-electron chi connectivity index (χ4n) is 2.49. The second kappa shape index (κ2) is 6.48. The minimum Gasteiger partial charge on any atom is -0.464 e. The molecule has 0 aliphatic rings. The van der Waals surface area contributed by atoms with Gasteiger partial charge >= 0.3 is 0 Å². The summed E-state index contributed by atoms with van der Waals surface area (Å²) in [7, 11) is 0. The van der Waals surface area contributed by atoms with E-state index in [-0.39, 0.29) is 11.8 Å². The van der Waals surface area contributed by atoms with Gasteiger partial charge in [0.1, 0.15) is 5.58 Å². The summed E-state index contributed by atoms with van der Waals surface area (Å²) >= 11 is 0. The zero-order valence-corrected chi connectivity index (χ0v) is 12.5. The number of amides is 1. The van der Waals surface area contributed by atoms with Crippen molar-refractivity contribution in [1.82, 2.24) is 5.32 Å². The van der Waals surface area contributed by atoms with Crippen LogP contribution in [0.25, 0.3) is 11.0 Å². The van der Waals surface area contributed by atoms with Crippen molar-refractivity contribution in [1.29, 1.82) is 0 Å². The number of rotatable bonds is 5. The van der Waals surface area contributed by atoms with Crippen molar-refractivity contribution in [2.24, 2.45) is 5.92 Å². The molecule has 1 radical (unpaired) electrons. The van der Waals surface area contributed by atoms with Gasteiger partial charge in [-0.15, -0.1) is 0 Å². The third-order valence-electron chi connectivity index (χ3n) is 3.60. The Bertz CT molecular complexity index is 761. The molecule has 1 aromatic heterocycles. The van der Waals surface area contributed by atoms with Crippen LogP contribution in [0.4, 0.5) is 0 Å². The van der Waals surface area contributed by atoms with E-state index in [1.165, 1.54) is 5.56 Å². The minimum absolute atomic E-state index is 0.0692. The summed E-state index contributed by atoms with van der Waals surface area (Å²) in [4.78, 5) is 12.3. The number of hydrogen-bond acceptors (Lipinski definition) is 2. The highest BCUT2D eigenvalue weighted by Crippen LogP contribution is 2.19. The predicted molar refractivity (Wildman–Crippen MR) is 87.6 cm³/mol. The molecule has 3 rings (SSSR count). The third-order valence-corrected chi connectivity index (χ3v) is 3.60. The second-order valence-electron chi connectivity index (χ2n) is 5.40. The maximum atomic E-state index is 12.3. The Hall–Kier alpha value is -2.55. The first-order valence-electron chi connectivity index (χ1n) is 7.38. The van der Waals surface area contributed by atoms with Gasteiger partial charge < -0.3 is 9.73 Å². The zero-order chi connectivity index (χ0) is 15.4.